The maximum absolute atomic E-state index is 13.0. The first-order valence-electron chi connectivity index (χ1n) is 11.3. The van der Waals surface area contributed by atoms with Crippen LogP contribution in [0.5, 0.6) is 0 Å². The number of nitrogens with zero attached hydrogens (tertiary/aromatic N) is 2. The molecule has 3 amide bonds. The summed E-state index contributed by atoms with van der Waals surface area (Å²) in [6, 6.07) is 6.32. The lowest BCUT2D eigenvalue weighted by Gasteiger charge is -2.39. The number of benzene rings is 1. The van der Waals surface area contributed by atoms with Gasteiger partial charge in [0.15, 0.2) is 5.96 Å². The fourth-order valence-electron chi connectivity index (χ4n) is 4.26. The van der Waals surface area contributed by atoms with Crippen LogP contribution in [0.4, 0.5) is 4.79 Å². The number of nitrogens with one attached hydrogen (secondary N) is 3. The van der Waals surface area contributed by atoms with Crippen LogP contribution in [0.2, 0.25) is 0 Å². The van der Waals surface area contributed by atoms with Crippen molar-refractivity contribution in [2.24, 2.45) is 5.73 Å². The summed E-state index contributed by atoms with van der Waals surface area (Å²) in [7, 11) is 0. The molecular formula is C22H32N6O6. The molecule has 0 aliphatic carbocycles. The largest absolute Gasteiger partial charge is 0.445 e. The number of likely N-dealkylation sites (tertiary alicyclic amines) is 2. The second-order valence-corrected chi connectivity index (χ2v) is 8.38. The van der Waals surface area contributed by atoms with Crippen molar-refractivity contribution in [1.82, 2.24) is 20.4 Å². The van der Waals surface area contributed by atoms with Crippen LogP contribution in [-0.4, -0.2) is 87.9 Å². The maximum atomic E-state index is 13.0. The molecule has 0 aromatic heterocycles. The van der Waals surface area contributed by atoms with E-state index in [-0.39, 0.29) is 12.6 Å². The van der Waals surface area contributed by atoms with Gasteiger partial charge in [-0.3, -0.25) is 15.0 Å². The van der Waals surface area contributed by atoms with E-state index >= 15 is 0 Å². The molecule has 3 rings (SSSR count). The molecule has 1 aromatic rings. The van der Waals surface area contributed by atoms with Gasteiger partial charge >= 0.3 is 6.09 Å². The SMILES string of the molecule is N=C(N)N1CCC[C@H](NC(=O)[C@@H]2CCCN2C(=O)[C@@H](CO)NC(=O)OCc2ccccc2)C1O. The highest BCUT2D eigenvalue weighted by atomic mass is 16.5. The standard InChI is InChI=1S/C22H32N6O6/c23-21(24)28-11-4-8-15(19(28)31)25-18(30)17-9-5-10-27(17)20(32)16(12-29)26-22(33)34-13-14-6-2-1-3-7-14/h1-3,6-7,15-17,19,29,31H,4-5,8-13H2,(H3,23,24)(H,25,30)(H,26,33)/t15-,16+,17-,19?/m0/s1. The molecule has 2 aliphatic heterocycles. The minimum atomic E-state index is -1.26. The summed E-state index contributed by atoms with van der Waals surface area (Å²) in [4.78, 5) is 40.7. The molecule has 34 heavy (non-hydrogen) atoms. The zero-order chi connectivity index (χ0) is 24.7. The third-order valence-electron chi connectivity index (χ3n) is 6.05. The van der Waals surface area contributed by atoms with E-state index in [4.69, 9.17) is 15.9 Å². The first-order valence-corrected chi connectivity index (χ1v) is 11.3. The quantitative estimate of drug-likeness (QED) is 0.215. The van der Waals surface area contributed by atoms with Gasteiger partial charge in [-0.25, -0.2) is 4.79 Å². The number of ether oxygens (including phenoxy) is 1. The van der Waals surface area contributed by atoms with Gasteiger partial charge < -0.3 is 41.1 Å². The maximum Gasteiger partial charge on any atom is 0.408 e. The number of guanidine groups is 1. The predicted octanol–water partition coefficient (Wildman–Crippen LogP) is -0.943. The number of piperidine rings is 1. The number of nitrogens with two attached hydrogens (primary N) is 1. The number of hydrogen-bond acceptors (Lipinski definition) is 7. The van der Waals surface area contributed by atoms with E-state index < -0.39 is 48.9 Å². The summed E-state index contributed by atoms with van der Waals surface area (Å²) >= 11 is 0. The Hall–Kier alpha value is -3.38. The molecule has 2 fully saturated rings. The first-order chi connectivity index (χ1) is 16.3. The van der Waals surface area contributed by atoms with E-state index in [2.05, 4.69) is 10.6 Å². The van der Waals surface area contributed by atoms with Gasteiger partial charge in [0.2, 0.25) is 11.8 Å². The summed E-state index contributed by atoms with van der Waals surface area (Å²) < 4.78 is 5.12. The second kappa shape index (κ2) is 11.7. The Kier molecular flexibility index (Phi) is 8.66. The normalized spacial score (nSPS) is 23.2. The van der Waals surface area contributed by atoms with Crippen LogP contribution in [-0.2, 0) is 20.9 Å². The lowest BCUT2D eigenvalue weighted by atomic mass is 10.0. The molecular weight excluding hydrogens is 444 g/mol. The van der Waals surface area contributed by atoms with Gasteiger partial charge in [0.25, 0.3) is 0 Å². The van der Waals surface area contributed by atoms with E-state index in [0.717, 1.165) is 5.56 Å². The summed E-state index contributed by atoms with van der Waals surface area (Å²) in [6.45, 7) is 0.0653. The zero-order valence-corrected chi connectivity index (χ0v) is 18.9. The smallest absolute Gasteiger partial charge is 0.408 e. The summed E-state index contributed by atoms with van der Waals surface area (Å²) in [5.74, 6) is -1.31. The highest BCUT2D eigenvalue weighted by Gasteiger charge is 2.40. The van der Waals surface area contributed by atoms with Crippen molar-refractivity contribution in [2.45, 2.75) is 56.6 Å². The van der Waals surface area contributed by atoms with Crippen LogP contribution >= 0.6 is 0 Å². The number of hydrogen-bond donors (Lipinski definition) is 6. The average molecular weight is 477 g/mol. The third-order valence-corrected chi connectivity index (χ3v) is 6.05. The average Bonchev–Trinajstić information content (AvgIpc) is 3.33. The van der Waals surface area contributed by atoms with Crippen molar-refractivity contribution in [3.05, 3.63) is 35.9 Å². The molecule has 1 unspecified atom stereocenters. The Morgan fingerprint density at radius 1 is 1.15 bits per heavy atom. The Morgan fingerprint density at radius 3 is 2.50 bits per heavy atom. The predicted molar refractivity (Wildman–Crippen MR) is 121 cm³/mol. The van der Waals surface area contributed by atoms with E-state index in [1.807, 2.05) is 6.07 Å². The summed E-state index contributed by atoms with van der Waals surface area (Å²) in [6.07, 6.45) is 0.140. The van der Waals surface area contributed by atoms with Crippen molar-refractivity contribution in [1.29, 1.82) is 5.41 Å². The van der Waals surface area contributed by atoms with Crippen molar-refractivity contribution in [3.8, 4) is 0 Å². The molecule has 2 aliphatic rings. The summed E-state index contributed by atoms with van der Waals surface area (Å²) in [5, 5.41) is 32.8. The molecule has 0 radical (unpaired) electrons. The van der Waals surface area contributed by atoms with Gasteiger partial charge in [-0.1, -0.05) is 30.3 Å². The van der Waals surface area contributed by atoms with Crippen LogP contribution in [0, 0.1) is 5.41 Å². The van der Waals surface area contributed by atoms with Crippen LogP contribution in [0.15, 0.2) is 30.3 Å². The zero-order valence-electron chi connectivity index (χ0n) is 18.9. The Morgan fingerprint density at radius 2 is 1.82 bits per heavy atom. The van der Waals surface area contributed by atoms with Crippen molar-refractivity contribution in [3.63, 3.8) is 0 Å². The van der Waals surface area contributed by atoms with Gasteiger partial charge in [-0.15, -0.1) is 0 Å². The molecule has 7 N–H and O–H groups in total. The number of aliphatic hydroxyl groups is 2. The second-order valence-electron chi connectivity index (χ2n) is 8.38. The van der Waals surface area contributed by atoms with Crippen molar-refractivity contribution >= 4 is 23.9 Å². The number of alkyl carbamates (subject to hydrolysis) is 1. The molecule has 12 heteroatoms. The van der Waals surface area contributed by atoms with Gasteiger partial charge in [-0.05, 0) is 31.2 Å². The van der Waals surface area contributed by atoms with Crippen LogP contribution < -0.4 is 16.4 Å². The Balaban J connectivity index is 1.56. The highest BCUT2D eigenvalue weighted by Crippen LogP contribution is 2.21. The topological polar surface area (TPSA) is 181 Å². The number of carbonyl (C=O) groups is 3. The van der Waals surface area contributed by atoms with Gasteiger partial charge in [0.1, 0.15) is 24.9 Å². The van der Waals surface area contributed by atoms with Crippen LogP contribution in [0.1, 0.15) is 31.2 Å². The fraction of sp³-hybridized carbons (Fsp3) is 0.545. The van der Waals surface area contributed by atoms with Gasteiger partial charge in [0, 0.05) is 13.1 Å². The van der Waals surface area contributed by atoms with Crippen molar-refractivity contribution in [2.75, 3.05) is 19.7 Å². The highest BCUT2D eigenvalue weighted by molar-refractivity contribution is 5.92. The molecule has 186 valence electrons. The molecule has 2 saturated heterocycles. The monoisotopic (exact) mass is 476 g/mol. The Bertz CT molecular complexity index is 884. The minimum Gasteiger partial charge on any atom is -0.445 e. The van der Waals surface area contributed by atoms with Gasteiger partial charge in [0.05, 0.1) is 12.6 Å². The molecule has 0 saturated carbocycles. The third kappa shape index (κ3) is 6.14. The van der Waals surface area contributed by atoms with E-state index in [1.54, 1.807) is 24.3 Å². The number of rotatable bonds is 7. The molecule has 12 nitrogen and oxygen atoms in total. The Labute approximate surface area is 197 Å². The van der Waals surface area contributed by atoms with Crippen molar-refractivity contribution < 1.29 is 29.3 Å². The molecule has 0 bridgehead atoms. The molecule has 2 heterocycles. The number of carbonyl (C=O) groups excluding carboxylic acids is 3. The molecule has 0 spiro atoms. The number of aliphatic hydroxyl groups excluding tert-OH is 2. The lowest BCUT2D eigenvalue weighted by Crippen LogP contribution is -2.61. The van der Waals surface area contributed by atoms with E-state index in [1.165, 1.54) is 9.80 Å². The molecule has 1 aromatic carbocycles. The fourth-order valence-corrected chi connectivity index (χ4v) is 4.26. The van der Waals surface area contributed by atoms with E-state index in [0.29, 0.717) is 38.8 Å². The summed E-state index contributed by atoms with van der Waals surface area (Å²) in [5.41, 5.74) is 6.26. The van der Waals surface area contributed by atoms with E-state index in [9.17, 15) is 24.6 Å². The minimum absolute atomic E-state index is 0.00868. The van der Waals surface area contributed by atoms with Crippen LogP contribution in [0.3, 0.4) is 0 Å². The number of amides is 3. The van der Waals surface area contributed by atoms with Crippen LogP contribution in [0.25, 0.3) is 0 Å². The first kappa shape index (κ1) is 25.2. The van der Waals surface area contributed by atoms with Gasteiger partial charge in [-0.2, -0.15) is 0 Å². The lowest BCUT2D eigenvalue weighted by molar-refractivity contribution is -0.141. The molecule has 4 atom stereocenters.